The first kappa shape index (κ1) is 16.1. The van der Waals surface area contributed by atoms with Gasteiger partial charge in [-0.3, -0.25) is 0 Å². The van der Waals surface area contributed by atoms with Gasteiger partial charge in [0.25, 0.3) is 10.0 Å². The van der Waals surface area contributed by atoms with Crippen molar-refractivity contribution in [2.75, 3.05) is 14.1 Å². The van der Waals surface area contributed by atoms with Crippen molar-refractivity contribution >= 4 is 15.9 Å². The van der Waals surface area contributed by atoms with Gasteiger partial charge in [0.1, 0.15) is 5.76 Å². The van der Waals surface area contributed by atoms with Crippen molar-refractivity contribution in [2.24, 2.45) is 10.9 Å². The standard InChI is InChI=1S/C14H17N3O4S/c1-17(2)22(18,19)13-9-8-12(21-13)10-20-16-14(15)11-6-4-3-5-7-11/h3-9H,10H2,1-2H3,(H2,15,16). The van der Waals surface area contributed by atoms with Gasteiger partial charge in [-0.2, -0.15) is 0 Å². The van der Waals surface area contributed by atoms with Crippen LogP contribution in [-0.4, -0.2) is 32.7 Å². The molecule has 0 bridgehead atoms. The molecule has 22 heavy (non-hydrogen) atoms. The molecule has 7 nitrogen and oxygen atoms in total. The summed E-state index contributed by atoms with van der Waals surface area (Å²) in [4.78, 5) is 5.08. The van der Waals surface area contributed by atoms with Gasteiger partial charge in [-0.1, -0.05) is 35.5 Å². The maximum absolute atomic E-state index is 11.9. The number of rotatable bonds is 6. The molecule has 1 heterocycles. The fraction of sp³-hybridized carbons (Fsp3) is 0.214. The van der Waals surface area contributed by atoms with E-state index in [-0.39, 0.29) is 17.5 Å². The van der Waals surface area contributed by atoms with Gasteiger partial charge < -0.3 is 15.0 Å². The molecule has 2 N–H and O–H groups in total. The van der Waals surface area contributed by atoms with Gasteiger partial charge in [-0.25, -0.2) is 12.7 Å². The summed E-state index contributed by atoms with van der Waals surface area (Å²) < 4.78 is 30.0. The Labute approximate surface area is 129 Å². The Balaban J connectivity index is 2.00. The van der Waals surface area contributed by atoms with Crippen LogP contribution in [-0.2, 0) is 21.5 Å². The molecule has 0 unspecified atom stereocenters. The first-order valence-corrected chi connectivity index (χ1v) is 7.87. The lowest BCUT2D eigenvalue weighted by molar-refractivity contribution is 0.111. The predicted molar refractivity (Wildman–Crippen MR) is 81.5 cm³/mol. The summed E-state index contributed by atoms with van der Waals surface area (Å²) in [7, 11) is -0.731. The van der Waals surface area contributed by atoms with Crippen molar-refractivity contribution in [1.29, 1.82) is 0 Å². The zero-order chi connectivity index (χ0) is 16.2. The fourth-order valence-corrected chi connectivity index (χ4v) is 2.39. The molecule has 2 aromatic rings. The maximum atomic E-state index is 11.9. The first-order chi connectivity index (χ1) is 10.4. The number of nitrogens with zero attached hydrogens (tertiary/aromatic N) is 2. The molecule has 2 rings (SSSR count). The molecule has 0 fully saturated rings. The minimum atomic E-state index is -3.59. The third kappa shape index (κ3) is 3.66. The van der Waals surface area contributed by atoms with E-state index in [9.17, 15) is 8.42 Å². The van der Waals surface area contributed by atoms with Gasteiger partial charge >= 0.3 is 0 Å². The van der Waals surface area contributed by atoms with E-state index in [4.69, 9.17) is 15.0 Å². The normalized spacial score (nSPS) is 12.6. The summed E-state index contributed by atoms with van der Waals surface area (Å²) in [6, 6.07) is 12.0. The summed E-state index contributed by atoms with van der Waals surface area (Å²) in [6.07, 6.45) is 0. The van der Waals surface area contributed by atoms with Gasteiger partial charge in [0.05, 0.1) is 0 Å². The monoisotopic (exact) mass is 323 g/mol. The van der Waals surface area contributed by atoms with Crippen molar-refractivity contribution in [3.05, 3.63) is 53.8 Å². The molecular formula is C14H17N3O4S. The van der Waals surface area contributed by atoms with Crippen LogP contribution in [0.2, 0.25) is 0 Å². The quantitative estimate of drug-likeness (QED) is 0.492. The lowest BCUT2D eigenvalue weighted by atomic mass is 10.2. The smallest absolute Gasteiger partial charge is 0.275 e. The summed E-state index contributed by atoms with van der Waals surface area (Å²) in [6.45, 7) is -0.0174. The van der Waals surface area contributed by atoms with E-state index in [1.165, 1.54) is 26.2 Å². The van der Waals surface area contributed by atoms with Crippen LogP contribution < -0.4 is 5.73 Å². The summed E-state index contributed by atoms with van der Waals surface area (Å²) in [5, 5.41) is 3.63. The van der Waals surface area contributed by atoms with E-state index in [2.05, 4.69) is 5.16 Å². The molecule has 1 aromatic carbocycles. The van der Waals surface area contributed by atoms with Crippen LogP contribution in [0, 0.1) is 0 Å². The molecule has 8 heteroatoms. The first-order valence-electron chi connectivity index (χ1n) is 6.43. The number of hydrogen-bond acceptors (Lipinski definition) is 5. The molecule has 0 amide bonds. The Kier molecular flexibility index (Phi) is 4.84. The van der Waals surface area contributed by atoms with E-state index < -0.39 is 10.0 Å². The molecule has 0 spiro atoms. The third-order valence-corrected chi connectivity index (χ3v) is 4.50. The second kappa shape index (κ2) is 6.63. The van der Waals surface area contributed by atoms with Crippen molar-refractivity contribution in [1.82, 2.24) is 4.31 Å². The summed E-state index contributed by atoms with van der Waals surface area (Å²) in [5.41, 5.74) is 6.50. The van der Waals surface area contributed by atoms with Crippen molar-refractivity contribution < 1.29 is 17.7 Å². The highest BCUT2D eigenvalue weighted by atomic mass is 32.2. The molecule has 0 aliphatic heterocycles. The highest BCUT2D eigenvalue weighted by Crippen LogP contribution is 2.17. The topological polar surface area (TPSA) is 98.1 Å². The van der Waals surface area contributed by atoms with Crippen molar-refractivity contribution in [3.8, 4) is 0 Å². The summed E-state index contributed by atoms with van der Waals surface area (Å²) >= 11 is 0. The Bertz CT molecular complexity index is 751. The number of hydrogen-bond donors (Lipinski definition) is 1. The van der Waals surface area contributed by atoms with Gasteiger partial charge in [0, 0.05) is 19.7 Å². The maximum Gasteiger partial charge on any atom is 0.275 e. The average molecular weight is 323 g/mol. The minimum absolute atomic E-state index is 0.0174. The molecular weight excluding hydrogens is 306 g/mol. The number of furan rings is 1. The van der Waals surface area contributed by atoms with E-state index in [0.29, 0.717) is 5.76 Å². The largest absolute Gasteiger partial charge is 0.444 e. The van der Waals surface area contributed by atoms with Crippen LogP contribution in [0.5, 0.6) is 0 Å². The predicted octanol–water partition coefficient (Wildman–Crippen LogP) is 1.37. The Morgan fingerprint density at radius 1 is 1.23 bits per heavy atom. The fourth-order valence-electron chi connectivity index (χ4n) is 1.58. The van der Waals surface area contributed by atoms with Crippen LogP contribution in [0.4, 0.5) is 0 Å². The molecule has 0 aliphatic rings. The molecule has 0 saturated heterocycles. The molecule has 0 radical (unpaired) electrons. The molecule has 118 valence electrons. The second-order valence-electron chi connectivity index (χ2n) is 4.62. The highest BCUT2D eigenvalue weighted by molar-refractivity contribution is 7.88. The number of amidine groups is 1. The Morgan fingerprint density at radius 3 is 2.55 bits per heavy atom. The van der Waals surface area contributed by atoms with Gasteiger partial charge in [-0.15, -0.1) is 0 Å². The molecule has 0 aliphatic carbocycles. The number of sulfonamides is 1. The highest BCUT2D eigenvalue weighted by Gasteiger charge is 2.21. The third-order valence-electron chi connectivity index (χ3n) is 2.81. The van der Waals surface area contributed by atoms with Gasteiger partial charge in [-0.05, 0) is 12.1 Å². The number of oxime groups is 1. The van der Waals surface area contributed by atoms with Crippen LogP contribution in [0.1, 0.15) is 11.3 Å². The van der Waals surface area contributed by atoms with Crippen molar-refractivity contribution in [3.63, 3.8) is 0 Å². The van der Waals surface area contributed by atoms with Gasteiger partial charge in [0.15, 0.2) is 12.4 Å². The van der Waals surface area contributed by atoms with E-state index >= 15 is 0 Å². The number of benzene rings is 1. The zero-order valence-electron chi connectivity index (χ0n) is 12.3. The summed E-state index contributed by atoms with van der Waals surface area (Å²) in [5.74, 6) is 0.568. The van der Waals surface area contributed by atoms with E-state index in [1.807, 2.05) is 18.2 Å². The molecule has 1 aromatic heterocycles. The van der Waals surface area contributed by atoms with Crippen molar-refractivity contribution in [2.45, 2.75) is 11.7 Å². The Morgan fingerprint density at radius 2 is 1.91 bits per heavy atom. The van der Waals surface area contributed by atoms with E-state index in [0.717, 1.165) is 9.87 Å². The van der Waals surface area contributed by atoms with Crippen LogP contribution in [0.25, 0.3) is 0 Å². The van der Waals surface area contributed by atoms with Gasteiger partial charge in [0.2, 0.25) is 5.09 Å². The number of nitrogens with two attached hydrogens (primary N) is 1. The van der Waals surface area contributed by atoms with Crippen LogP contribution in [0.3, 0.4) is 0 Å². The molecule has 0 atom stereocenters. The lowest BCUT2D eigenvalue weighted by Crippen LogP contribution is -2.21. The van der Waals surface area contributed by atoms with Crippen LogP contribution >= 0.6 is 0 Å². The molecule has 0 saturated carbocycles. The Hall–Kier alpha value is -2.32. The van der Waals surface area contributed by atoms with E-state index in [1.54, 1.807) is 12.1 Å². The lowest BCUT2D eigenvalue weighted by Gasteiger charge is -2.07. The SMILES string of the molecule is CN(C)S(=O)(=O)c1ccc(CO/N=C(\N)c2ccccc2)o1. The zero-order valence-corrected chi connectivity index (χ0v) is 13.1. The average Bonchev–Trinajstić information content (AvgIpc) is 2.97. The van der Waals surface area contributed by atoms with Crippen LogP contribution in [0.15, 0.2) is 57.1 Å². The minimum Gasteiger partial charge on any atom is -0.444 e. The second-order valence-corrected chi connectivity index (χ2v) is 6.71.